The molecule has 0 aliphatic carbocycles. The second kappa shape index (κ2) is 9.47. The van der Waals surface area contributed by atoms with Gasteiger partial charge < -0.3 is 23.5 Å². The molecular weight excluding hydrogens is 460 g/mol. The number of nitrogens with zero attached hydrogens (tertiary/aromatic N) is 2. The number of fused-ring (bicyclic) bond motifs is 2. The Bertz CT molecular complexity index is 1320. The summed E-state index contributed by atoms with van der Waals surface area (Å²) in [6, 6.07) is 18.9. The SMILES string of the molecule is N#Cc1c(O[C@H]2CO[C@H]3[C@@H]2OC[C@@H]3OC(=O)CCl)c2ccccc2n(Cc2ccccc2)c1=O. The van der Waals surface area contributed by atoms with Crippen molar-refractivity contribution in [3.8, 4) is 11.8 Å². The topological polar surface area (TPSA) is 99.8 Å². The molecule has 0 spiro atoms. The number of nitriles is 1. The minimum Gasteiger partial charge on any atom is -0.483 e. The van der Waals surface area contributed by atoms with E-state index in [0.29, 0.717) is 17.4 Å². The number of hydrogen-bond donors (Lipinski definition) is 0. The number of ether oxygens (including phenoxy) is 4. The Kier molecular flexibility index (Phi) is 6.24. The van der Waals surface area contributed by atoms with Gasteiger partial charge in [0.05, 0.1) is 25.3 Å². The normalized spacial score (nSPS) is 23.4. The number of alkyl halides is 1. The van der Waals surface area contributed by atoms with Crippen molar-refractivity contribution in [1.82, 2.24) is 4.57 Å². The molecule has 8 nitrogen and oxygen atoms in total. The third-order valence-electron chi connectivity index (χ3n) is 6.04. The number of carbonyl (C=O) groups is 1. The molecule has 2 aliphatic heterocycles. The molecule has 9 heteroatoms. The summed E-state index contributed by atoms with van der Waals surface area (Å²) in [5, 5.41) is 10.5. The zero-order valence-electron chi connectivity index (χ0n) is 18.1. The minimum absolute atomic E-state index is 0.0822. The summed E-state index contributed by atoms with van der Waals surface area (Å²) in [7, 11) is 0. The number of benzene rings is 2. The molecule has 0 bridgehead atoms. The Morgan fingerprint density at radius 3 is 2.47 bits per heavy atom. The van der Waals surface area contributed by atoms with E-state index in [2.05, 4.69) is 0 Å². The second-order valence-electron chi connectivity index (χ2n) is 8.12. The predicted molar refractivity (Wildman–Crippen MR) is 123 cm³/mol. The molecule has 2 saturated heterocycles. The van der Waals surface area contributed by atoms with Crippen LogP contribution < -0.4 is 10.3 Å². The number of rotatable bonds is 6. The highest BCUT2D eigenvalue weighted by Crippen LogP contribution is 2.35. The fourth-order valence-corrected chi connectivity index (χ4v) is 4.57. The van der Waals surface area contributed by atoms with Gasteiger partial charge in [0.25, 0.3) is 5.56 Å². The van der Waals surface area contributed by atoms with Gasteiger partial charge >= 0.3 is 5.97 Å². The van der Waals surface area contributed by atoms with Crippen LogP contribution >= 0.6 is 11.6 Å². The van der Waals surface area contributed by atoms with Gasteiger partial charge in [-0.15, -0.1) is 11.6 Å². The first-order valence-corrected chi connectivity index (χ1v) is 11.4. The monoisotopic (exact) mass is 480 g/mol. The molecule has 1 aromatic heterocycles. The maximum atomic E-state index is 13.4. The van der Waals surface area contributed by atoms with Crippen molar-refractivity contribution in [3.63, 3.8) is 0 Å². The van der Waals surface area contributed by atoms with Crippen LogP contribution in [-0.2, 0) is 25.5 Å². The van der Waals surface area contributed by atoms with E-state index in [0.717, 1.165) is 5.56 Å². The van der Waals surface area contributed by atoms with E-state index in [1.54, 1.807) is 4.57 Å². The Morgan fingerprint density at radius 2 is 1.74 bits per heavy atom. The fraction of sp³-hybridized carbons (Fsp3) is 0.320. The van der Waals surface area contributed by atoms with Crippen molar-refractivity contribution in [2.24, 2.45) is 0 Å². The maximum absolute atomic E-state index is 13.4. The average molecular weight is 481 g/mol. The van der Waals surface area contributed by atoms with Gasteiger partial charge in [-0.1, -0.05) is 42.5 Å². The van der Waals surface area contributed by atoms with Crippen molar-refractivity contribution in [2.75, 3.05) is 19.1 Å². The Labute approximate surface area is 200 Å². The average Bonchev–Trinajstić information content (AvgIpc) is 3.45. The lowest BCUT2D eigenvalue weighted by atomic mass is 10.1. The first-order valence-electron chi connectivity index (χ1n) is 10.9. The smallest absolute Gasteiger partial charge is 0.321 e. The van der Waals surface area contributed by atoms with Crippen LogP contribution in [0.15, 0.2) is 59.4 Å². The standard InChI is InChI=1S/C25H21ClN2O6/c26-10-21(29)33-19-13-31-24-20(14-32-23(19)24)34-22-16-8-4-5-9-18(16)28(25(30)17(22)11-27)12-15-6-2-1-3-7-15/h1-9,19-20,23-24H,10,12-14H2/t19-,20-,23+,24+/m0/s1. The van der Waals surface area contributed by atoms with E-state index in [1.165, 1.54) is 0 Å². The molecule has 5 rings (SSSR count). The van der Waals surface area contributed by atoms with Gasteiger partial charge in [-0.2, -0.15) is 5.26 Å². The van der Waals surface area contributed by atoms with Crippen molar-refractivity contribution < 1.29 is 23.7 Å². The van der Waals surface area contributed by atoms with Gasteiger partial charge in [0, 0.05) is 5.39 Å². The lowest BCUT2D eigenvalue weighted by molar-refractivity contribution is -0.150. The van der Waals surface area contributed by atoms with E-state index in [9.17, 15) is 14.9 Å². The molecule has 0 radical (unpaired) electrons. The summed E-state index contributed by atoms with van der Waals surface area (Å²) in [4.78, 5) is 25.0. The third kappa shape index (κ3) is 4.03. The molecule has 0 amide bonds. The zero-order valence-corrected chi connectivity index (χ0v) is 18.8. The van der Waals surface area contributed by atoms with E-state index in [1.807, 2.05) is 60.7 Å². The highest BCUT2D eigenvalue weighted by molar-refractivity contribution is 6.26. The van der Waals surface area contributed by atoms with Gasteiger partial charge in [0.2, 0.25) is 0 Å². The number of halogens is 1. The largest absolute Gasteiger partial charge is 0.483 e. The number of carbonyl (C=O) groups excluding carboxylic acids is 1. The first kappa shape index (κ1) is 22.4. The molecule has 4 atom stereocenters. The molecule has 2 fully saturated rings. The molecular formula is C25H21ClN2O6. The van der Waals surface area contributed by atoms with E-state index in [-0.39, 0.29) is 30.4 Å². The molecule has 3 aromatic rings. The number of aromatic nitrogens is 1. The molecule has 0 unspecified atom stereocenters. The van der Waals surface area contributed by atoms with Crippen LogP contribution in [-0.4, -0.2) is 54.0 Å². The maximum Gasteiger partial charge on any atom is 0.321 e. The molecule has 2 aliphatic rings. The highest BCUT2D eigenvalue weighted by atomic mass is 35.5. The Balaban J connectivity index is 1.49. The quantitative estimate of drug-likeness (QED) is 0.395. The molecule has 0 saturated carbocycles. The van der Waals surface area contributed by atoms with E-state index in [4.69, 9.17) is 30.5 Å². The summed E-state index contributed by atoms with van der Waals surface area (Å²) in [6.07, 6.45) is -2.18. The Morgan fingerprint density at radius 1 is 1.06 bits per heavy atom. The van der Waals surface area contributed by atoms with Crippen LogP contribution in [0.3, 0.4) is 0 Å². The van der Waals surface area contributed by atoms with Crippen LogP contribution in [0, 0.1) is 11.3 Å². The summed E-state index contributed by atoms with van der Waals surface area (Å²) < 4.78 is 24.7. The second-order valence-corrected chi connectivity index (χ2v) is 8.39. The van der Waals surface area contributed by atoms with Crippen LogP contribution in [0.4, 0.5) is 0 Å². The van der Waals surface area contributed by atoms with Gasteiger partial charge in [0.1, 0.15) is 24.2 Å². The van der Waals surface area contributed by atoms with Gasteiger partial charge in [-0.3, -0.25) is 9.59 Å². The van der Waals surface area contributed by atoms with Gasteiger partial charge in [0.15, 0.2) is 23.5 Å². The van der Waals surface area contributed by atoms with Crippen LogP contribution in [0.5, 0.6) is 5.75 Å². The van der Waals surface area contributed by atoms with Crippen molar-refractivity contribution in [1.29, 1.82) is 5.26 Å². The van der Waals surface area contributed by atoms with Crippen molar-refractivity contribution in [3.05, 3.63) is 76.1 Å². The summed E-state index contributed by atoms with van der Waals surface area (Å²) in [5.41, 5.74) is 1.08. The summed E-state index contributed by atoms with van der Waals surface area (Å²) >= 11 is 5.53. The van der Waals surface area contributed by atoms with Crippen LogP contribution in [0.2, 0.25) is 0 Å². The lowest BCUT2D eigenvalue weighted by Gasteiger charge is -2.21. The fourth-order valence-electron chi connectivity index (χ4n) is 4.50. The molecule has 2 aromatic carbocycles. The van der Waals surface area contributed by atoms with E-state index >= 15 is 0 Å². The van der Waals surface area contributed by atoms with Crippen molar-refractivity contribution >= 4 is 28.5 Å². The van der Waals surface area contributed by atoms with Gasteiger partial charge in [-0.25, -0.2) is 0 Å². The van der Waals surface area contributed by atoms with Gasteiger partial charge in [-0.05, 0) is 17.7 Å². The number of hydrogen-bond acceptors (Lipinski definition) is 7. The number of para-hydroxylation sites is 1. The van der Waals surface area contributed by atoms with Crippen molar-refractivity contribution in [2.45, 2.75) is 31.0 Å². The third-order valence-corrected chi connectivity index (χ3v) is 6.26. The molecule has 174 valence electrons. The first-order chi connectivity index (χ1) is 16.6. The number of esters is 1. The van der Waals surface area contributed by atoms with E-state index < -0.39 is 35.9 Å². The summed E-state index contributed by atoms with van der Waals surface area (Å²) in [5.74, 6) is -0.611. The molecule has 34 heavy (non-hydrogen) atoms. The Hall–Kier alpha value is -3.38. The number of pyridine rings is 1. The zero-order chi connectivity index (χ0) is 23.7. The highest BCUT2D eigenvalue weighted by Gasteiger charge is 2.51. The molecule has 0 N–H and O–H groups in total. The predicted octanol–water partition coefficient (Wildman–Crippen LogP) is 2.62. The minimum atomic E-state index is -0.587. The summed E-state index contributed by atoms with van der Waals surface area (Å²) in [6.45, 7) is 0.641. The van der Waals surface area contributed by atoms with Crippen LogP contribution in [0.1, 0.15) is 11.1 Å². The van der Waals surface area contributed by atoms with Crippen LogP contribution in [0.25, 0.3) is 10.9 Å². The lowest BCUT2D eigenvalue weighted by Crippen LogP contribution is -2.37. The molecule has 3 heterocycles.